The van der Waals surface area contributed by atoms with Crippen molar-refractivity contribution in [2.75, 3.05) is 27.3 Å². The molecule has 1 aliphatic carbocycles. The molecule has 0 saturated heterocycles. The number of aliphatic imine (C=N–C) groups is 1. The molecule has 2 atom stereocenters. The predicted molar refractivity (Wildman–Crippen MR) is 111 cm³/mol. The van der Waals surface area contributed by atoms with E-state index >= 15 is 0 Å². The van der Waals surface area contributed by atoms with Crippen LogP contribution >= 0.6 is 0 Å². The minimum absolute atomic E-state index is 0.463. The number of hydrogen-bond donors (Lipinski definition) is 0. The average molecular weight is 396 g/mol. The summed E-state index contributed by atoms with van der Waals surface area (Å²) in [6, 6.07) is 4.01. The smallest absolute Gasteiger partial charge is 0.211 e. The van der Waals surface area contributed by atoms with E-state index in [4.69, 9.17) is 14.5 Å². The van der Waals surface area contributed by atoms with Crippen molar-refractivity contribution in [3.8, 4) is 5.75 Å². The van der Waals surface area contributed by atoms with Gasteiger partial charge in [0.25, 0.3) is 0 Å². The highest BCUT2D eigenvalue weighted by atomic mass is 16.5. The molecule has 8 nitrogen and oxygen atoms in total. The summed E-state index contributed by atoms with van der Waals surface area (Å²) in [6.45, 7) is 4.06. The molecule has 0 spiro atoms. The van der Waals surface area contributed by atoms with Gasteiger partial charge < -0.3 is 9.47 Å². The first-order chi connectivity index (χ1) is 14.0. The average Bonchev–Trinajstić information content (AvgIpc) is 3.41. The lowest BCUT2D eigenvalue weighted by molar-refractivity contribution is 0.258. The zero-order chi connectivity index (χ0) is 20.4. The molecule has 0 amide bonds. The van der Waals surface area contributed by atoms with Crippen molar-refractivity contribution in [1.82, 2.24) is 19.8 Å². The summed E-state index contributed by atoms with van der Waals surface area (Å²) in [5.41, 5.74) is 4.37. The van der Waals surface area contributed by atoms with E-state index in [9.17, 15) is 0 Å². The van der Waals surface area contributed by atoms with E-state index in [1.165, 1.54) is 0 Å². The molecular formula is C21H28N6O2. The molecule has 29 heavy (non-hydrogen) atoms. The second kappa shape index (κ2) is 8.23. The Kier molecular flexibility index (Phi) is 5.51. The van der Waals surface area contributed by atoms with E-state index < -0.39 is 0 Å². The lowest BCUT2D eigenvalue weighted by Gasteiger charge is -2.23. The maximum absolute atomic E-state index is 6.04. The summed E-state index contributed by atoms with van der Waals surface area (Å²) in [6.07, 6.45) is 5.57. The van der Waals surface area contributed by atoms with Gasteiger partial charge >= 0.3 is 0 Å². The molecule has 0 N–H and O–H groups in total. The Bertz CT molecular complexity index is 918. The van der Waals surface area contributed by atoms with Crippen LogP contribution in [-0.4, -0.2) is 58.7 Å². The van der Waals surface area contributed by atoms with Crippen molar-refractivity contribution in [1.29, 1.82) is 0 Å². The molecule has 2 aliphatic rings. The van der Waals surface area contributed by atoms with Crippen LogP contribution in [0.4, 0.5) is 0 Å². The Labute approximate surface area is 171 Å². The van der Waals surface area contributed by atoms with Gasteiger partial charge in [-0.25, -0.2) is 0 Å². The van der Waals surface area contributed by atoms with Gasteiger partial charge in [-0.15, -0.1) is 5.10 Å². The summed E-state index contributed by atoms with van der Waals surface area (Å²) in [5, 5.41) is 10.8. The van der Waals surface area contributed by atoms with Gasteiger partial charge in [0.15, 0.2) is 0 Å². The highest BCUT2D eigenvalue weighted by Crippen LogP contribution is 2.47. The molecular weight excluding hydrogens is 368 g/mol. The minimum Gasteiger partial charge on any atom is -0.495 e. The van der Waals surface area contributed by atoms with E-state index in [-0.39, 0.29) is 0 Å². The van der Waals surface area contributed by atoms with Crippen LogP contribution in [0.5, 0.6) is 5.75 Å². The summed E-state index contributed by atoms with van der Waals surface area (Å²) in [4.78, 5) is 9.29. The Hall–Kier alpha value is -2.90. The topological polar surface area (TPSA) is 77.1 Å². The molecule has 0 bridgehead atoms. The normalized spacial score (nSPS) is 22.6. The van der Waals surface area contributed by atoms with Gasteiger partial charge in [0.2, 0.25) is 5.90 Å². The van der Waals surface area contributed by atoms with Gasteiger partial charge in [0.05, 0.1) is 45.1 Å². The highest BCUT2D eigenvalue weighted by molar-refractivity contribution is 6.03. The Morgan fingerprint density at radius 1 is 1.28 bits per heavy atom. The summed E-state index contributed by atoms with van der Waals surface area (Å²) in [7, 11) is 5.54. The zero-order valence-corrected chi connectivity index (χ0v) is 17.5. The number of ether oxygens (including phenoxy) is 2. The van der Waals surface area contributed by atoms with E-state index in [1.54, 1.807) is 13.3 Å². The molecule has 0 aromatic carbocycles. The fourth-order valence-corrected chi connectivity index (χ4v) is 3.67. The maximum atomic E-state index is 6.04. The van der Waals surface area contributed by atoms with E-state index in [0.717, 1.165) is 47.3 Å². The molecule has 1 saturated carbocycles. The number of hydrogen-bond acceptors (Lipinski definition) is 7. The maximum Gasteiger partial charge on any atom is 0.211 e. The second-order valence-corrected chi connectivity index (χ2v) is 7.82. The third kappa shape index (κ3) is 4.75. The molecule has 2 aromatic rings. The van der Waals surface area contributed by atoms with E-state index in [2.05, 4.69) is 15.2 Å². The molecule has 1 fully saturated rings. The fourth-order valence-electron chi connectivity index (χ4n) is 3.67. The molecule has 0 radical (unpaired) electrons. The highest BCUT2D eigenvalue weighted by Gasteiger charge is 2.40. The second-order valence-electron chi connectivity index (χ2n) is 7.82. The number of aromatic nitrogens is 3. The van der Waals surface area contributed by atoms with Gasteiger partial charge in [-0.05, 0) is 25.5 Å². The van der Waals surface area contributed by atoms with Gasteiger partial charge in [-0.2, -0.15) is 5.10 Å². The summed E-state index contributed by atoms with van der Waals surface area (Å²) < 4.78 is 13.0. The standard InChI is InChI=1S/C21H28N6O2/c1-14-16(11-26(2)24-14)9-22-17-8-21(25-27(3)12-17)29-13-15-7-19(15)20-6-5-18(28-4)10-23-20/h5-6,10-11,15,19H,7-9,12-13H2,1-4H3. The van der Waals surface area contributed by atoms with Crippen molar-refractivity contribution in [3.05, 3.63) is 41.5 Å². The fraction of sp³-hybridized carbons (Fsp3) is 0.524. The molecule has 2 aromatic heterocycles. The van der Waals surface area contributed by atoms with Gasteiger partial charge in [0.1, 0.15) is 5.75 Å². The van der Waals surface area contributed by atoms with Crippen LogP contribution in [0.25, 0.3) is 0 Å². The van der Waals surface area contributed by atoms with Gasteiger partial charge in [-0.1, -0.05) is 0 Å². The summed E-state index contributed by atoms with van der Waals surface area (Å²) >= 11 is 0. The lowest BCUT2D eigenvalue weighted by Crippen LogP contribution is -2.31. The van der Waals surface area contributed by atoms with E-state index in [0.29, 0.717) is 31.4 Å². The quantitative estimate of drug-likeness (QED) is 0.750. The monoisotopic (exact) mass is 396 g/mol. The zero-order valence-electron chi connectivity index (χ0n) is 17.5. The van der Waals surface area contributed by atoms with Crippen LogP contribution in [0.2, 0.25) is 0 Å². The number of nitrogens with zero attached hydrogens (tertiary/aromatic N) is 6. The number of methoxy groups -OCH3 is 1. The molecule has 3 heterocycles. The number of pyridine rings is 1. The van der Waals surface area contributed by atoms with Crippen molar-refractivity contribution < 1.29 is 9.47 Å². The van der Waals surface area contributed by atoms with Crippen LogP contribution < -0.4 is 4.74 Å². The van der Waals surface area contributed by atoms with Crippen LogP contribution in [-0.2, 0) is 18.3 Å². The number of rotatable bonds is 6. The number of aryl methyl sites for hydroxylation is 2. The molecule has 154 valence electrons. The number of hydrazone groups is 1. The molecule has 4 rings (SSSR count). The van der Waals surface area contributed by atoms with Crippen molar-refractivity contribution in [3.63, 3.8) is 0 Å². The first kappa shape index (κ1) is 19.4. The largest absolute Gasteiger partial charge is 0.495 e. The third-order valence-electron chi connectivity index (χ3n) is 5.40. The van der Waals surface area contributed by atoms with Crippen LogP contribution in [0.15, 0.2) is 34.6 Å². The SMILES string of the molecule is COc1ccc(C2CC2COC2=NN(C)CC(=NCc3cn(C)nc3C)C2)nc1. The Morgan fingerprint density at radius 2 is 2.14 bits per heavy atom. The first-order valence-corrected chi connectivity index (χ1v) is 9.94. The van der Waals surface area contributed by atoms with Gasteiger partial charge in [0, 0.05) is 49.1 Å². The Balaban J connectivity index is 1.30. The molecule has 8 heteroatoms. The molecule has 1 aliphatic heterocycles. The molecule has 2 unspecified atom stereocenters. The van der Waals surface area contributed by atoms with Crippen LogP contribution in [0, 0.1) is 12.8 Å². The predicted octanol–water partition coefficient (Wildman–Crippen LogP) is 2.54. The minimum atomic E-state index is 0.463. The first-order valence-electron chi connectivity index (χ1n) is 9.94. The summed E-state index contributed by atoms with van der Waals surface area (Å²) in [5.74, 6) is 2.48. The van der Waals surface area contributed by atoms with Crippen LogP contribution in [0.1, 0.15) is 35.7 Å². The van der Waals surface area contributed by atoms with Gasteiger partial charge in [-0.3, -0.25) is 19.7 Å². The van der Waals surface area contributed by atoms with E-state index in [1.807, 2.05) is 49.0 Å². The third-order valence-corrected chi connectivity index (χ3v) is 5.40. The van der Waals surface area contributed by atoms with Crippen molar-refractivity contribution in [2.45, 2.75) is 32.2 Å². The Morgan fingerprint density at radius 3 is 2.83 bits per heavy atom. The lowest BCUT2D eigenvalue weighted by atomic mass is 10.2. The van der Waals surface area contributed by atoms with Crippen molar-refractivity contribution in [2.24, 2.45) is 23.1 Å². The van der Waals surface area contributed by atoms with Crippen molar-refractivity contribution >= 4 is 11.6 Å². The van der Waals surface area contributed by atoms with Crippen LogP contribution in [0.3, 0.4) is 0 Å².